The number of para-hydroxylation sites is 1. The smallest absolute Gasteiger partial charge is 0.349 e. The molecule has 4 nitrogen and oxygen atoms in total. The zero-order chi connectivity index (χ0) is 12.8. The van der Waals surface area contributed by atoms with E-state index in [1.165, 1.54) is 11.8 Å². The zero-order valence-corrected chi connectivity index (χ0v) is 10.3. The van der Waals surface area contributed by atoms with E-state index in [2.05, 4.69) is 5.32 Å². The Balaban J connectivity index is 3.11. The monoisotopic (exact) mass is 248 g/mol. The molecular weight excluding hydrogens is 236 g/mol. The van der Waals surface area contributed by atoms with Crippen LogP contribution in [0.2, 0.25) is 0 Å². The van der Waals surface area contributed by atoms with Gasteiger partial charge in [-0.1, -0.05) is 18.2 Å². The second-order valence-electron chi connectivity index (χ2n) is 3.27. The summed E-state index contributed by atoms with van der Waals surface area (Å²) in [5, 5.41) is 21.0. The van der Waals surface area contributed by atoms with E-state index in [0.29, 0.717) is 5.03 Å². The number of nitrogens with one attached hydrogen (secondary N) is 1. The van der Waals surface area contributed by atoms with Crippen LogP contribution >= 0.6 is 11.8 Å². The molecule has 1 aromatic rings. The number of benzene rings is 1. The first-order valence-electron chi connectivity index (χ1n) is 4.84. The lowest BCUT2D eigenvalue weighted by molar-refractivity contribution is -0.132. The predicted molar refractivity (Wildman–Crippen MR) is 68.6 cm³/mol. The molecule has 0 aliphatic carbocycles. The number of aliphatic carboxylic acids is 1. The summed E-state index contributed by atoms with van der Waals surface area (Å²) < 4.78 is 0. The molecule has 1 rings (SSSR count). The van der Waals surface area contributed by atoms with Crippen LogP contribution in [0.5, 0.6) is 0 Å². The Morgan fingerprint density at radius 3 is 2.59 bits per heavy atom. The topological polar surface area (TPSA) is 73.1 Å². The van der Waals surface area contributed by atoms with E-state index in [-0.39, 0.29) is 5.57 Å². The third-order valence-electron chi connectivity index (χ3n) is 2.15. The standard InChI is InChI=1S/C12H12N2O2S/c1-8-5-3-4-6-10(8)14-11(17-2)9(7-13)12(15)16/h3-6,14H,1-2H3,(H,15,16). The Morgan fingerprint density at radius 1 is 1.47 bits per heavy atom. The molecule has 5 heteroatoms. The van der Waals surface area contributed by atoms with Gasteiger partial charge in [0.1, 0.15) is 6.07 Å². The summed E-state index contributed by atoms with van der Waals surface area (Å²) in [7, 11) is 0. The maximum Gasteiger partial charge on any atom is 0.349 e. The van der Waals surface area contributed by atoms with E-state index >= 15 is 0 Å². The molecule has 0 aliphatic heterocycles. The van der Waals surface area contributed by atoms with Gasteiger partial charge in [0.25, 0.3) is 0 Å². The number of nitrogens with zero attached hydrogens (tertiary/aromatic N) is 1. The van der Waals surface area contributed by atoms with Crippen molar-refractivity contribution in [3.8, 4) is 6.07 Å². The largest absolute Gasteiger partial charge is 0.477 e. The minimum absolute atomic E-state index is 0.277. The number of anilines is 1. The van der Waals surface area contributed by atoms with Crippen molar-refractivity contribution in [1.82, 2.24) is 0 Å². The summed E-state index contributed by atoms with van der Waals surface area (Å²) in [5.74, 6) is -1.22. The highest BCUT2D eigenvalue weighted by molar-refractivity contribution is 8.02. The molecule has 2 N–H and O–H groups in total. The first-order chi connectivity index (χ1) is 8.10. The highest BCUT2D eigenvalue weighted by Crippen LogP contribution is 2.22. The van der Waals surface area contributed by atoms with Gasteiger partial charge in [0, 0.05) is 5.69 Å². The van der Waals surface area contributed by atoms with Gasteiger partial charge in [-0.3, -0.25) is 0 Å². The fourth-order valence-corrected chi connectivity index (χ4v) is 1.80. The van der Waals surface area contributed by atoms with Gasteiger partial charge in [-0.05, 0) is 24.8 Å². The zero-order valence-electron chi connectivity index (χ0n) is 9.52. The lowest BCUT2D eigenvalue weighted by Crippen LogP contribution is -2.07. The number of carboxylic acids is 1. The molecule has 0 heterocycles. The SMILES string of the molecule is CSC(Nc1ccccc1C)=C(C#N)C(=O)O. The van der Waals surface area contributed by atoms with Crippen molar-refractivity contribution in [1.29, 1.82) is 5.26 Å². The number of hydrogen-bond donors (Lipinski definition) is 2. The lowest BCUT2D eigenvalue weighted by Gasteiger charge is -2.11. The van der Waals surface area contributed by atoms with Gasteiger partial charge < -0.3 is 10.4 Å². The molecule has 0 radical (unpaired) electrons. The fourth-order valence-electron chi connectivity index (χ4n) is 1.25. The molecule has 0 aliphatic rings. The Hall–Kier alpha value is -1.93. The van der Waals surface area contributed by atoms with Crippen molar-refractivity contribution in [2.24, 2.45) is 0 Å². The van der Waals surface area contributed by atoms with Crippen LogP contribution in [0.1, 0.15) is 5.56 Å². The molecule has 88 valence electrons. The van der Waals surface area contributed by atoms with Gasteiger partial charge in [0.15, 0.2) is 5.57 Å². The predicted octanol–water partition coefficient (Wildman–Crippen LogP) is 2.59. The number of thioether (sulfide) groups is 1. The van der Waals surface area contributed by atoms with Gasteiger partial charge in [0.05, 0.1) is 5.03 Å². The molecule has 0 saturated carbocycles. The van der Waals surface area contributed by atoms with Crippen LogP contribution in [-0.2, 0) is 4.79 Å². The first-order valence-corrected chi connectivity index (χ1v) is 6.07. The van der Waals surface area contributed by atoms with Gasteiger partial charge in [-0.15, -0.1) is 11.8 Å². The molecule has 0 bridgehead atoms. The number of carbonyl (C=O) groups is 1. The Kier molecular flexibility index (Phi) is 4.61. The lowest BCUT2D eigenvalue weighted by atomic mass is 10.2. The van der Waals surface area contributed by atoms with Crippen molar-refractivity contribution in [2.45, 2.75) is 6.92 Å². The summed E-state index contributed by atoms with van der Waals surface area (Å²) in [6.45, 7) is 1.91. The molecule has 0 unspecified atom stereocenters. The van der Waals surface area contributed by atoms with Gasteiger partial charge in [-0.25, -0.2) is 4.79 Å². The average Bonchev–Trinajstić information content (AvgIpc) is 2.30. The number of carboxylic acid groups (broad SMARTS) is 1. The van der Waals surface area contributed by atoms with E-state index in [0.717, 1.165) is 11.3 Å². The molecule has 17 heavy (non-hydrogen) atoms. The molecule has 0 amide bonds. The van der Waals surface area contributed by atoms with Crippen molar-refractivity contribution >= 4 is 23.4 Å². The Labute approximate surface area is 104 Å². The van der Waals surface area contributed by atoms with Crippen LogP contribution in [0.25, 0.3) is 0 Å². The number of aryl methyl sites for hydroxylation is 1. The number of hydrogen-bond acceptors (Lipinski definition) is 4. The molecular formula is C12H12N2O2S. The van der Waals surface area contributed by atoms with Crippen LogP contribution in [0.3, 0.4) is 0 Å². The minimum atomic E-state index is -1.22. The van der Waals surface area contributed by atoms with Crippen LogP contribution in [0, 0.1) is 18.3 Å². The second kappa shape index (κ2) is 5.97. The van der Waals surface area contributed by atoms with Crippen LogP contribution < -0.4 is 5.32 Å². The minimum Gasteiger partial charge on any atom is -0.477 e. The van der Waals surface area contributed by atoms with Gasteiger partial charge >= 0.3 is 5.97 Å². The molecule has 0 spiro atoms. The van der Waals surface area contributed by atoms with Gasteiger partial charge in [-0.2, -0.15) is 5.26 Å². The van der Waals surface area contributed by atoms with E-state index in [1.54, 1.807) is 12.3 Å². The summed E-state index contributed by atoms with van der Waals surface area (Å²) >= 11 is 1.20. The van der Waals surface area contributed by atoms with Gasteiger partial charge in [0.2, 0.25) is 0 Å². The maximum absolute atomic E-state index is 10.9. The summed E-state index contributed by atoms with van der Waals surface area (Å²) in [6, 6.07) is 9.18. The van der Waals surface area contributed by atoms with E-state index in [1.807, 2.05) is 31.2 Å². The molecule has 1 aromatic carbocycles. The highest BCUT2D eigenvalue weighted by atomic mass is 32.2. The first kappa shape index (κ1) is 13.1. The number of rotatable bonds is 4. The summed E-state index contributed by atoms with van der Waals surface area (Å²) in [5.41, 5.74) is 1.51. The van der Waals surface area contributed by atoms with Crippen molar-refractivity contribution in [3.63, 3.8) is 0 Å². The van der Waals surface area contributed by atoms with Crippen LogP contribution in [0.4, 0.5) is 5.69 Å². The van der Waals surface area contributed by atoms with E-state index in [4.69, 9.17) is 10.4 Å². The quantitative estimate of drug-likeness (QED) is 0.633. The average molecular weight is 248 g/mol. The van der Waals surface area contributed by atoms with Crippen LogP contribution in [-0.4, -0.2) is 17.3 Å². The molecule has 0 aromatic heterocycles. The van der Waals surface area contributed by atoms with Crippen LogP contribution in [0.15, 0.2) is 34.9 Å². The summed E-state index contributed by atoms with van der Waals surface area (Å²) in [4.78, 5) is 10.9. The fraction of sp³-hybridized carbons (Fsp3) is 0.167. The third-order valence-corrected chi connectivity index (χ3v) is 2.86. The van der Waals surface area contributed by atoms with Crippen molar-refractivity contribution in [2.75, 3.05) is 11.6 Å². The van der Waals surface area contributed by atoms with E-state index in [9.17, 15) is 4.79 Å². The Morgan fingerprint density at radius 2 is 2.12 bits per heavy atom. The maximum atomic E-state index is 10.9. The molecule has 0 atom stereocenters. The van der Waals surface area contributed by atoms with Crippen molar-refractivity contribution in [3.05, 3.63) is 40.4 Å². The molecule has 0 fully saturated rings. The Bertz CT molecular complexity index is 503. The highest BCUT2D eigenvalue weighted by Gasteiger charge is 2.14. The van der Waals surface area contributed by atoms with E-state index < -0.39 is 5.97 Å². The number of nitriles is 1. The van der Waals surface area contributed by atoms with Crippen molar-refractivity contribution < 1.29 is 9.90 Å². The second-order valence-corrected chi connectivity index (χ2v) is 4.08. The summed E-state index contributed by atoms with van der Waals surface area (Å²) in [6.07, 6.45) is 1.72. The molecule has 0 saturated heterocycles. The third kappa shape index (κ3) is 3.26. The normalized spacial score (nSPS) is 11.4.